The topological polar surface area (TPSA) is 67.8 Å². The van der Waals surface area contributed by atoms with Crippen molar-refractivity contribution in [1.29, 1.82) is 0 Å². The minimum atomic E-state index is -0.284. The molecule has 0 saturated heterocycles. The van der Waals surface area contributed by atoms with Gasteiger partial charge in [-0.2, -0.15) is 5.10 Å². The number of nitrogens with zero attached hydrogens (tertiary/aromatic N) is 1. The summed E-state index contributed by atoms with van der Waals surface area (Å²) in [6.45, 7) is 8.88. The van der Waals surface area contributed by atoms with Crippen LogP contribution >= 0.6 is 0 Å². The Kier molecular flexibility index (Phi) is 5.75. The van der Waals surface area contributed by atoms with Gasteiger partial charge in [0.25, 0.3) is 5.91 Å². The van der Waals surface area contributed by atoms with Crippen LogP contribution in [-0.2, 0) is 4.79 Å². The molecule has 1 amide bonds. The van der Waals surface area contributed by atoms with E-state index in [1.807, 2.05) is 13.8 Å². The maximum Gasteiger partial charge on any atom is 0.271 e. The summed E-state index contributed by atoms with van der Waals surface area (Å²) >= 11 is 0. The van der Waals surface area contributed by atoms with Crippen molar-refractivity contribution in [1.82, 2.24) is 5.43 Å². The number of amides is 1. The van der Waals surface area contributed by atoms with Crippen LogP contribution in [0, 0.1) is 11.3 Å². The third-order valence-electron chi connectivity index (χ3n) is 3.77. The minimum absolute atomic E-state index is 0.0890. The Labute approximate surface area is 143 Å². The molecule has 1 aliphatic carbocycles. The van der Waals surface area contributed by atoms with Gasteiger partial charge in [0, 0.05) is 24.1 Å². The van der Waals surface area contributed by atoms with Gasteiger partial charge in [0.05, 0.1) is 6.61 Å². The van der Waals surface area contributed by atoms with Gasteiger partial charge in [-0.3, -0.25) is 9.59 Å². The predicted octanol–water partition coefficient (Wildman–Crippen LogP) is 3.59. The molecule has 1 N–H and O–H groups in total. The van der Waals surface area contributed by atoms with E-state index in [0.717, 1.165) is 17.9 Å². The SMILES string of the molecule is CC(C)COc1ccc(C(=O)NN=C2CC(=O)CC(C)(C)C2)cc1. The number of hydrazone groups is 1. The van der Waals surface area contributed by atoms with E-state index in [1.54, 1.807) is 24.3 Å². The first-order valence-corrected chi connectivity index (χ1v) is 8.35. The van der Waals surface area contributed by atoms with Crippen LogP contribution < -0.4 is 10.2 Å². The van der Waals surface area contributed by atoms with Crippen LogP contribution in [-0.4, -0.2) is 24.0 Å². The Hall–Kier alpha value is -2.17. The van der Waals surface area contributed by atoms with E-state index < -0.39 is 0 Å². The molecular weight excluding hydrogens is 304 g/mol. The standard InChI is InChI=1S/C19H26N2O3/c1-13(2)12-24-17-7-5-14(6-8-17)18(23)21-20-15-9-16(22)11-19(3,4)10-15/h5-8,13H,9-12H2,1-4H3,(H,21,23). The fourth-order valence-electron chi connectivity index (χ4n) is 2.74. The van der Waals surface area contributed by atoms with E-state index in [-0.39, 0.29) is 17.1 Å². The summed E-state index contributed by atoms with van der Waals surface area (Å²) < 4.78 is 5.60. The summed E-state index contributed by atoms with van der Waals surface area (Å²) in [4.78, 5) is 23.9. The number of ether oxygens (including phenoxy) is 1. The van der Waals surface area contributed by atoms with Gasteiger partial charge >= 0.3 is 0 Å². The number of benzene rings is 1. The van der Waals surface area contributed by atoms with E-state index in [1.165, 1.54) is 0 Å². The zero-order valence-electron chi connectivity index (χ0n) is 14.9. The molecule has 0 radical (unpaired) electrons. The number of carbonyl (C=O) groups excluding carboxylic acids is 2. The van der Waals surface area contributed by atoms with Crippen LogP contribution in [0.1, 0.15) is 57.3 Å². The highest BCUT2D eigenvalue weighted by Gasteiger charge is 2.30. The van der Waals surface area contributed by atoms with Crippen LogP contribution in [0.4, 0.5) is 0 Å². The molecule has 5 heteroatoms. The smallest absolute Gasteiger partial charge is 0.271 e. The molecule has 0 spiro atoms. The molecule has 1 fully saturated rings. The second-order valence-electron chi connectivity index (χ2n) is 7.58. The number of hydrogen-bond acceptors (Lipinski definition) is 4. The lowest BCUT2D eigenvalue weighted by Gasteiger charge is -2.28. The van der Waals surface area contributed by atoms with Gasteiger partial charge in [0.15, 0.2) is 0 Å². The predicted molar refractivity (Wildman–Crippen MR) is 94.3 cm³/mol. The highest BCUT2D eigenvalue weighted by atomic mass is 16.5. The second kappa shape index (κ2) is 7.60. The van der Waals surface area contributed by atoms with Crippen LogP contribution in [0.3, 0.4) is 0 Å². The average Bonchev–Trinajstić information content (AvgIpc) is 2.49. The largest absolute Gasteiger partial charge is 0.493 e. The molecule has 2 rings (SSSR count). The lowest BCUT2D eigenvalue weighted by Crippen LogP contribution is -2.31. The Balaban J connectivity index is 1.94. The number of Topliss-reactive ketones (excluding diaryl/α,β-unsaturated/α-hetero) is 1. The first-order valence-electron chi connectivity index (χ1n) is 8.35. The van der Waals surface area contributed by atoms with Crippen molar-refractivity contribution in [3.05, 3.63) is 29.8 Å². The fourth-order valence-corrected chi connectivity index (χ4v) is 2.74. The van der Waals surface area contributed by atoms with Gasteiger partial charge in [0.1, 0.15) is 11.5 Å². The summed E-state index contributed by atoms with van der Waals surface area (Å²) in [5.41, 5.74) is 3.71. The molecular formula is C19H26N2O3. The van der Waals surface area contributed by atoms with Gasteiger partial charge in [-0.05, 0) is 42.0 Å². The first kappa shape index (κ1) is 18.2. The van der Waals surface area contributed by atoms with Crippen LogP contribution in [0.5, 0.6) is 5.75 Å². The molecule has 0 atom stereocenters. The van der Waals surface area contributed by atoms with E-state index in [4.69, 9.17) is 4.74 Å². The Morgan fingerprint density at radius 2 is 1.92 bits per heavy atom. The van der Waals surface area contributed by atoms with Crippen molar-refractivity contribution in [2.24, 2.45) is 16.4 Å². The van der Waals surface area contributed by atoms with Crippen molar-refractivity contribution >= 4 is 17.4 Å². The summed E-state index contributed by atoms with van der Waals surface area (Å²) in [5, 5.41) is 4.15. The molecule has 1 aromatic carbocycles. The van der Waals surface area contributed by atoms with Gasteiger partial charge in [-0.25, -0.2) is 5.43 Å². The molecule has 1 aromatic rings. The van der Waals surface area contributed by atoms with Crippen molar-refractivity contribution in [2.75, 3.05) is 6.61 Å². The normalized spacial score (nSPS) is 18.7. The average molecular weight is 330 g/mol. The van der Waals surface area contributed by atoms with Crippen molar-refractivity contribution in [2.45, 2.75) is 47.0 Å². The van der Waals surface area contributed by atoms with Crippen LogP contribution in [0.15, 0.2) is 29.4 Å². The molecule has 0 unspecified atom stereocenters. The zero-order chi connectivity index (χ0) is 17.7. The minimum Gasteiger partial charge on any atom is -0.493 e. The molecule has 0 bridgehead atoms. The van der Waals surface area contributed by atoms with Crippen LogP contribution in [0.2, 0.25) is 0 Å². The van der Waals surface area contributed by atoms with Crippen LogP contribution in [0.25, 0.3) is 0 Å². The monoisotopic (exact) mass is 330 g/mol. The first-order chi connectivity index (χ1) is 11.2. The van der Waals surface area contributed by atoms with E-state index >= 15 is 0 Å². The fraction of sp³-hybridized carbons (Fsp3) is 0.526. The molecule has 1 aliphatic rings. The Bertz CT molecular complexity index is 631. The van der Waals surface area contributed by atoms with Crippen molar-refractivity contribution in [3.8, 4) is 5.75 Å². The number of carbonyl (C=O) groups is 2. The maximum absolute atomic E-state index is 12.2. The van der Waals surface area contributed by atoms with E-state index in [2.05, 4.69) is 24.4 Å². The number of ketones is 1. The number of hydrogen-bond donors (Lipinski definition) is 1. The summed E-state index contributed by atoms with van der Waals surface area (Å²) in [5.74, 6) is 1.08. The van der Waals surface area contributed by atoms with E-state index in [9.17, 15) is 9.59 Å². The Morgan fingerprint density at radius 3 is 2.50 bits per heavy atom. The van der Waals surface area contributed by atoms with Crippen molar-refractivity contribution < 1.29 is 14.3 Å². The number of nitrogens with one attached hydrogen (secondary N) is 1. The van der Waals surface area contributed by atoms with Gasteiger partial charge < -0.3 is 4.74 Å². The second-order valence-corrected chi connectivity index (χ2v) is 7.58. The summed E-state index contributed by atoms with van der Waals surface area (Å²) in [6.07, 6.45) is 1.62. The summed E-state index contributed by atoms with van der Waals surface area (Å²) in [7, 11) is 0. The van der Waals surface area contributed by atoms with Crippen molar-refractivity contribution in [3.63, 3.8) is 0 Å². The Morgan fingerprint density at radius 1 is 1.25 bits per heavy atom. The summed E-state index contributed by atoms with van der Waals surface area (Å²) in [6, 6.07) is 6.97. The third kappa shape index (κ3) is 5.48. The maximum atomic E-state index is 12.2. The van der Waals surface area contributed by atoms with E-state index in [0.29, 0.717) is 30.9 Å². The molecule has 5 nitrogen and oxygen atoms in total. The lowest BCUT2D eigenvalue weighted by atomic mass is 9.76. The van der Waals surface area contributed by atoms with Gasteiger partial charge in [-0.1, -0.05) is 27.7 Å². The van der Waals surface area contributed by atoms with Gasteiger partial charge in [-0.15, -0.1) is 0 Å². The molecule has 1 saturated carbocycles. The molecule has 0 aliphatic heterocycles. The highest BCUT2D eigenvalue weighted by molar-refractivity contribution is 6.05. The molecule has 130 valence electrons. The number of rotatable bonds is 5. The zero-order valence-corrected chi connectivity index (χ0v) is 14.9. The quantitative estimate of drug-likeness (QED) is 0.839. The third-order valence-corrected chi connectivity index (χ3v) is 3.77. The molecule has 0 aromatic heterocycles. The molecule has 0 heterocycles. The highest BCUT2D eigenvalue weighted by Crippen LogP contribution is 2.31. The molecule has 24 heavy (non-hydrogen) atoms. The lowest BCUT2D eigenvalue weighted by molar-refractivity contribution is -0.120. The van der Waals surface area contributed by atoms with Gasteiger partial charge in [0.2, 0.25) is 0 Å².